The highest BCUT2D eigenvalue weighted by Crippen LogP contribution is 2.49. The van der Waals surface area contributed by atoms with Crippen molar-refractivity contribution in [3.8, 4) is 0 Å². The monoisotopic (exact) mass is 768 g/mol. The minimum absolute atomic E-state index is 0.181. The fourth-order valence-corrected chi connectivity index (χ4v) is 10.2. The van der Waals surface area contributed by atoms with E-state index in [9.17, 15) is 25.9 Å². The topological polar surface area (TPSA) is 118 Å². The van der Waals surface area contributed by atoms with E-state index >= 15 is 0 Å². The van der Waals surface area contributed by atoms with Crippen LogP contribution in [0.25, 0.3) is 0 Å². The van der Waals surface area contributed by atoms with E-state index in [0.717, 1.165) is 51.8 Å². The Hall–Kier alpha value is -3.06. The normalized spacial score (nSPS) is 24.2. The van der Waals surface area contributed by atoms with Crippen molar-refractivity contribution >= 4 is 48.9 Å². The third kappa shape index (κ3) is 7.63. The average Bonchev–Trinajstić information content (AvgIpc) is 3.57. The highest BCUT2D eigenvalue weighted by Gasteiger charge is 2.45. The molecular formula is C40H51ClN3O6S2+. The van der Waals surface area contributed by atoms with E-state index in [1.165, 1.54) is 11.1 Å². The Kier molecular flexibility index (Phi) is 10.9. The second-order valence-electron chi connectivity index (χ2n) is 15.5. The van der Waals surface area contributed by atoms with Crippen molar-refractivity contribution in [2.45, 2.75) is 89.1 Å². The molecule has 1 fully saturated rings. The van der Waals surface area contributed by atoms with Crippen LogP contribution in [-0.2, 0) is 31.1 Å². The van der Waals surface area contributed by atoms with Crippen LogP contribution in [0.2, 0.25) is 0 Å². The van der Waals surface area contributed by atoms with E-state index in [0.29, 0.717) is 38.8 Å². The van der Waals surface area contributed by atoms with Gasteiger partial charge in [0.05, 0.1) is 22.0 Å². The van der Waals surface area contributed by atoms with Crippen molar-refractivity contribution in [1.82, 2.24) is 4.90 Å². The molecule has 0 radical (unpaired) electrons. The largest absolute Gasteiger partial charge is 0.344 e. The molecule has 0 saturated carbocycles. The molecule has 6 rings (SSSR count). The number of hydrogen-bond donors (Lipinski definition) is 2. The van der Waals surface area contributed by atoms with Gasteiger partial charge in [-0.05, 0) is 87.9 Å². The molecule has 4 aliphatic heterocycles. The Balaban J connectivity index is 1.36. The van der Waals surface area contributed by atoms with Gasteiger partial charge in [0.25, 0.3) is 20.2 Å². The van der Waals surface area contributed by atoms with Gasteiger partial charge in [-0.3, -0.25) is 14.0 Å². The van der Waals surface area contributed by atoms with E-state index in [-0.39, 0.29) is 34.4 Å². The third-order valence-electron chi connectivity index (χ3n) is 11.4. The van der Waals surface area contributed by atoms with Crippen LogP contribution in [0.5, 0.6) is 0 Å². The predicted molar refractivity (Wildman–Crippen MR) is 210 cm³/mol. The Morgan fingerprint density at radius 3 is 2.12 bits per heavy atom. The summed E-state index contributed by atoms with van der Waals surface area (Å²) >= 11 is 7.40. The molecule has 52 heavy (non-hydrogen) atoms. The van der Waals surface area contributed by atoms with Crippen LogP contribution in [0.3, 0.4) is 0 Å². The first-order valence-electron chi connectivity index (χ1n) is 18.2. The van der Waals surface area contributed by atoms with Gasteiger partial charge in [0.2, 0.25) is 5.69 Å². The van der Waals surface area contributed by atoms with Gasteiger partial charge in [0.1, 0.15) is 6.54 Å². The first-order valence-corrected chi connectivity index (χ1v) is 21.8. The molecule has 2 N–H and O–H groups in total. The van der Waals surface area contributed by atoms with Gasteiger partial charge in [0.15, 0.2) is 5.71 Å². The summed E-state index contributed by atoms with van der Waals surface area (Å²) in [7, 11) is -5.86. The summed E-state index contributed by atoms with van der Waals surface area (Å²) in [4.78, 5) is 4.70. The lowest BCUT2D eigenvalue weighted by molar-refractivity contribution is -0.438. The highest BCUT2D eigenvalue weighted by atomic mass is 35.5. The summed E-state index contributed by atoms with van der Waals surface area (Å²) in [5.74, 6) is -0.510. The number of hydrogen-bond acceptors (Lipinski definition) is 6. The SMILES string of the molecule is CN1C2CCC1C(C=CC1=[N+](CCCCS(=O)(=O)O)c3ccccc3C1(C)C)=C(Cl)C2=CC=C1N(CCCCS(=O)(=O)O)c2ccccc2C1(C)C. The van der Waals surface area contributed by atoms with Crippen LogP contribution in [0.1, 0.15) is 77.3 Å². The minimum atomic E-state index is -4.01. The average molecular weight is 769 g/mol. The molecule has 2 aromatic carbocycles. The van der Waals surface area contributed by atoms with Crippen molar-refractivity contribution in [3.63, 3.8) is 0 Å². The molecule has 4 aliphatic rings. The lowest BCUT2D eigenvalue weighted by atomic mass is 9.81. The number of benzene rings is 2. The Morgan fingerprint density at radius 1 is 0.808 bits per heavy atom. The second-order valence-corrected chi connectivity index (χ2v) is 19.0. The Bertz CT molecular complexity index is 2110. The van der Waals surface area contributed by atoms with Gasteiger partial charge in [0, 0.05) is 59.6 Å². The fraction of sp³-hybridized carbons (Fsp3) is 0.475. The van der Waals surface area contributed by atoms with Crippen LogP contribution in [-0.4, -0.2) is 84.9 Å². The molecule has 0 amide bonds. The first kappa shape index (κ1) is 38.7. The van der Waals surface area contributed by atoms with Crippen molar-refractivity contribution in [2.24, 2.45) is 0 Å². The molecule has 2 unspecified atom stereocenters. The number of para-hydroxylation sites is 2. The molecular weight excluding hydrogens is 718 g/mol. The molecule has 2 bridgehead atoms. The number of unbranched alkanes of at least 4 members (excludes halogenated alkanes) is 2. The van der Waals surface area contributed by atoms with Crippen molar-refractivity contribution in [2.75, 3.05) is 36.5 Å². The number of rotatable bonds is 13. The third-order valence-corrected chi connectivity index (χ3v) is 13.5. The number of likely N-dealkylation sites (N-methyl/N-ethyl adjacent to an activating group) is 1. The minimum Gasteiger partial charge on any atom is -0.344 e. The predicted octanol–water partition coefficient (Wildman–Crippen LogP) is 7.53. The van der Waals surface area contributed by atoms with Gasteiger partial charge in [-0.15, -0.1) is 0 Å². The van der Waals surface area contributed by atoms with Crippen molar-refractivity contribution in [3.05, 3.63) is 106 Å². The van der Waals surface area contributed by atoms with Gasteiger partial charge < -0.3 is 4.90 Å². The molecule has 0 aromatic heterocycles. The molecule has 280 valence electrons. The van der Waals surface area contributed by atoms with E-state index in [2.05, 4.69) is 97.7 Å². The maximum absolute atomic E-state index is 11.4. The molecule has 4 heterocycles. The highest BCUT2D eigenvalue weighted by molar-refractivity contribution is 7.86. The van der Waals surface area contributed by atoms with Crippen LogP contribution >= 0.6 is 11.6 Å². The quantitative estimate of drug-likeness (QED) is 0.122. The molecule has 12 heteroatoms. The van der Waals surface area contributed by atoms with Gasteiger partial charge in [-0.2, -0.15) is 21.4 Å². The van der Waals surface area contributed by atoms with Crippen LogP contribution in [0.15, 0.2) is 94.7 Å². The van der Waals surface area contributed by atoms with Gasteiger partial charge in [-0.25, -0.2) is 0 Å². The maximum Gasteiger partial charge on any atom is 0.264 e. The zero-order valence-corrected chi connectivity index (χ0v) is 33.1. The summed E-state index contributed by atoms with van der Waals surface area (Å²) in [6, 6.07) is 17.0. The smallest absolute Gasteiger partial charge is 0.264 e. The number of halogens is 1. The zero-order chi connectivity index (χ0) is 37.6. The zero-order valence-electron chi connectivity index (χ0n) is 30.7. The fourth-order valence-electron chi connectivity index (χ4n) is 8.73. The van der Waals surface area contributed by atoms with Crippen molar-refractivity contribution < 1.29 is 30.5 Å². The summed E-state index contributed by atoms with van der Waals surface area (Å²) in [5.41, 5.74) is 8.42. The summed E-state index contributed by atoms with van der Waals surface area (Å²) < 4.78 is 66.4. The Morgan fingerprint density at radius 2 is 1.42 bits per heavy atom. The van der Waals surface area contributed by atoms with E-state index in [1.54, 1.807) is 0 Å². The number of fused-ring (bicyclic) bond motifs is 4. The first-order chi connectivity index (χ1) is 24.4. The van der Waals surface area contributed by atoms with Crippen molar-refractivity contribution in [1.29, 1.82) is 0 Å². The molecule has 0 aliphatic carbocycles. The van der Waals surface area contributed by atoms with Crippen LogP contribution in [0.4, 0.5) is 11.4 Å². The van der Waals surface area contributed by atoms with E-state index in [1.807, 2.05) is 24.3 Å². The lowest BCUT2D eigenvalue weighted by Gasteiger charge is -2.34. The molecule has 0 spiro atoms. The number of anilines is 1. The molecule has 1 saturated heterocycles. The second kappa shape index (κ2) is 14.6. The van der Waals surface area contributed by atoms with E-state index in [4.69, 9.17) is 11.6 Å². The number of allylic oxidation sites excluding steroid dienone is 4. The van der Waals surface area contributed by atoms with E-state index < -0.39 is 20.2 Å². The summed E-state index contributed by atoms with van der Waals surface area (Å²) in [6.07, 6.45) is 12.7. The summed E-state index contributed by atoms with van der Waals surface area (Å²) in [5, 5.41) is 0.764. The maximum atomic E-state index is 11.4. The molecule has 2 aromatic rings. The van der Waals surface area contributed by atoms with Crippen LogP contribution < -0.4 is 4.90 Å². The lowest BCUT2D eigenvalue weighted by Crippen LogP contribution is -2.38. The van der Waals surface area contributed by atoms with Crippen LogP contribution in [0, 0.1) is 0 Å². The number of nitrogens with zero attached hydrogens (tertiary/aromatic N) is 3. The van der Waals surface area contributed by atoms with Gasteiger partial charge >= 0.3 is 0 Å². The summed E-state index contributed by atoms with van der Waals surface area (Å²) in [6.45, 7) is 10.1. The van der Waals surface area contributed by atoms with Gasteiger partial charge in [-0.1, -0.05) is 67.9 Å². The Labute approximate surface area is 314 Å². The molecule has 2 atom stereocenters. The standard InChI is InChI=1S/C40H50ClN3O6S2/c1-39(2)30-14-6-8-16-34(30)43(24-10-12-26-51(45,46)47)36(39)22-18-28-32-20-21-33(42(32)5)29(38(28)41)19-23-37-40(3,4)31-15-7-9-17-35(31)44(37)25-11-13-27-52(48,49)50/h6-9,14-19,22-23,32-33H,10-13,20-21,24-27H2,1-5H3,(H-,45,46,47,48,49,50)/p+1. The molecule has 9 nitrogen and oxygen atoms in total.